The second-order valence-electron chi connectivity index (χ2n) is 9.67. The van der Waals surface area contributed by atoms with Gasteiger partial charge in [0.25, 0.3) is 11.8 Å². The Morgan fingerprint density at radius 3 is 2.24 bits per heavy atom. The number of hydrogen-bond acceptors (Lipinski definition) is 7. The number of nitrogens with one attached hydrogen (secondary N) is 3. The van der Waals surface area contributed by atoms with Crippen LogP contribution in [0, 0.1) is 0 Å². The fourth-order valence-electron chi connectivity index (χ4n) is 4.17. The topological polar surface area (TPSA) is 154 Å². The van der Waals surface area contributed by atoms with Gasteiger partial charge in [0.1, 0.15) is 17.2 Å². The molecule has 0 radical (unpaired) electrons. The summed E-state index contributed by atoms with van der Waals surface area (Å²) in [6.45, 7) is 1.88. The van der Waals surface area contributed by atoms with Gasteiger partial charge in [-0.15, -0.1) is 11.8 Å². The molecule has 0 aliphatic heterocycles. The number of amides is 3. The Bertz CT molecular complexity index is 1720. The SMILES string of the molecule is CCC(Sc1cccc(NC(=O)/C(=C\c2ccc(O)cc2OC)NC(=O)c2ccccc2)c1)C(=O)Nc1ccc(C(=O)O)cc1. The molecule has 0 bridgehead atoms. The summed E-state index contributed by atoms with van der Waals surface area (Å²) in [7, 11) is 1.43. The van der Waals surface area contributed by atoms with E-state index in [0.29, 0.717) is 34.7 Å². The summed E-state index contributed by atoms with van der Waals surface area (Å²) >= 11 is 1.31. The predicted molar refractivity (Wildman–Crippen MR) is 174 cm³/mol. The highest BCUT2D eigenvalue weighted by Crippen LogP contribution is 2.29. The van der Waals surface area contributed by atoms with Crippen molar-refractivity contribution in [2.45, 2.75) is 23.5 Å². The van der Waals surface area contributed by atoms with E-state index >= 15 is 0 Å². The van der Waals surface area contributed by atoms with Crippen LogP contribution in [0.4, 0.5) is 11.4 Å². The van der Waals surface area contributed by atoms with Crippen molar-refractivity contribution < 1.29 is 34.1 Å². The van der Waals surface area contributed by atoms with Gasteiger partial charge in [-0.2, -0.15) is 0 Å². The number of ether oxygens (including phenoxy) is 1. The minimum absolute atomic E-state index is 0.0206. The minimum Gasteiger partial charge on any atom is -0.508 e. The van der Waals surface area contributed by atoms with E-state index in [1.807, 2.05) is 13.0 Å². The number of aromatic hydroxyl groups is 1. The number of aromatic carboxylic acids is 1. The number of thioether (sulfide) groups is 1. The standard InChI is InChI=1S/C34H31N3O7S/c1-3-30(33(41)35-24-15-12-22(13-16-24)34(42)43)45-27-11-7-10-25(19-27)36-32(40)28(37-31(39)21-8-5-4-6-9-21)18-23-14-17-26(38)20-29(23)44-2/h4-20,30,38H,3H2,1-2H3,(H,35,41)(H,36,40)(H,37,39)(H,42,43)/b28-18+. The molecular weight excluding hydrogens is 594 g/mol. The summed E-state index contributed by atoms with van der Waals surface area (Å²) in [5.74, 6) is -2.12. The highest BCUT2D eigenvalue weighted by Gasteiger charge is 2.20. The minimum atomic E-state index is -1.05. The van der Waals surface area contributed by atoms with Crippen LogP contribution >= 0.6 is 11.8 Å². The van der Waals surface area contributed by atoms with Gasteiger partial charge < -0.3 is 30.9 Å². The molecule has 4 aromatic carbocycles. The predicted octanol–water partition coefficient (Wildman–Crippen LogP) is 6.02. The number of phenols is 1. The maximum atomic E-state index is 13.5. The van der Waals surface area contributed by atoms with Crippen LogP contribution in [0.15, 0.2) is 108 Å². The number of carbonyl (C=O) groups is 4. The van der Waals surface area contributed by atoms with E-state index in [0.717, 1.165) is 4.90 Å². The van der Waals surface area contributed by atoms with Crippen LogP contribution in [0.3, 0.4) is 0 Å². The van der Waals surface area contributed by atoms with E-state index < -0.39 is 23.0 Å². The second-order valence-corrected chi connectivity index (χ2v) is 10.9. The Morgan fingerprint density at radius 1 is 0.844 bits per heavy atom. The molecule has 3 amide bonds. The van der Waals surface area contributed by atoms with Gasteiger partial charge in [0, 0.05) is 33.5 Å². The first-order chi connectivity index (χ1) is 21.7. The lowest BCUT2D eigenvalue weighted by Gasteiger charge is -2.16. The van der Waals surface area contributed by atoms with Gasteiger partial charge in [-0.25, -0.2) is 4.79 Å². The zero-order valence-corrected chi connectivity index (χ0v) is 25.3. The van der Waals surface area contributed by atoms with Crippen molar-refractivity contribution >= 4 is 52.9 Å². The van der Waals surface area contributed by atoms with Crippen LogP contribution in [-0.2, 0) is 9.59 Å². The van der Waals surface area contributed by atoms with Crippen molar-refractivity contribution in [1.29, 1.82) is 0 Å². The Morgan fingerprint density at radius 2 is 1.58 bits per heavy atom. The van der Waals surface area contributed by atoms with Crippen LogP contribution in [0.1, 0.15) is 39.6 Å². The Labute approximate surface area is 264 Å². The number of anilines is 2. The molecule has 0 saturated heterocycles. The van der Waals surface area contributed by atoms with Crippen LogP contribution < -0.4 is 20.7 Å². The monoisotopic (exact) mass is 625 g/mol. The largest absolute Gasteiger partial charge is 0.508 e. The van der Waals surface area contributed by atoms with Crippen molar-refractivity contribution in [2.24, 2.45) is 0 Å². The number of hydrogen-bond donors (Lipinski definition) is 5. The number of phenolic OH excluding ortho intramolecular Hbond substituents is 1. The van der Waals surface area contributed by atoms with E-state index in [1.54, 1.807) is 54.6 Å². The van der Waals surface area contributed by atoms with Crippen molar-refractivity contribution in [3.63, 3.8) is 0 Å². The van der Waals surface area contributed by atoms with Crippen molar-refractivity contribution in [3.8, 4) is 11.5 Å². The highest BCUT2D eigenvalue weighted by molar-refractivity contribution is 8.00. The zero-order valence-electron chi connectivity index (χ0n) is 24.4. The summed E-state index contributed by atoms with van der Waals surface area (Å²) in [6.07, 6.45) is 1.96. The summed E-state index contributed by atoms with van der Waals surface area (Å²) in [4.78, 5) is 51.3. The second kappa shape index (κ2) is 15.3. The van der Waals surface area contributed by atoms with E-state index in [4.69, 9.17) is 9.84 Å². The van der Waals surface area contributed by atoms with Crippen LogP contribution in [0.25, 0.3) is 6.08 Å². The number of carboxylic acid groups (broad SMARTS) is 1. The summed E-state index contributed by atoms with van der Waals surface area (Å²) in [5.41, 5.74) is 1.77. The molecule has 0 fully saturated rings. The molecule has 0 heterocycles. The van der Waals surface area contributed by atoms with E-state index in [1.165, 1.54) is 61.3 Å². The van der Waals surface area contributed by atoms with Crippen LogP contribution in [0.5, 0.6) is 11.5 Å². The molecule has 5 N–H and O–H groups in total. The maximum Gasteiger partial charge on any atom is 0.335 e. The Kier molecular flexibility index (Phi) is 11.0. The molecule has 4 aromatic rings. The number of benzene rings is 4. The summed E-state index contributed by atoms with van der Waals surface area (Å²) in [6, 6.07) is 25.7. The molecule has 11 heteroatoms. The van der Waals surface area contributed by atoms with Gasteiger partial charge in [-0.1, -0.05) is 31.2 Å². The third-order valence-electron chi connectivity index (χ3n) is 6.48. The van der Waals surface area contributed by atoms with E-state index in [-0.39, 0.29) is 22.9 Å². The highest BCUT2D eigenvalue weighted by atomic mass is 32.2. The molecule has 10 nitrogen and oxygen atoms in total. The summed E-state index contributed by atoms with van der Waals surface area (Å²) in [5, 5.41) is 26.8. The number of rotatable bonds is 12. The van der Waals surface area contributed by atoms with Crippen LogP contribution in [0.2, 0.25) is 0 Å². The lowest BCUT2D eigenvalue weighted by molar-refractivity contribution is -0.116. The van der Waals surface area contributed by atoms with Gasteiger partial charge in [0.2, 0.25) is 5.91 Å². The molecule has 45 heavy (non-hydrogen) atoms. The molecule has 0 saturated carbocycles. The van der Waals surface area contributed by atoms with Gasteiger partial charge in [0.15, 0.2) is 0 Å². The third-order valence-corrected chi connectivity index (χ3v) is 7.84. The van der Waals surface area contributed by atoms with E-state index in [9.17, 15) is 24.3 Å². The van der Waals surface area contributed by atoms with Gasteiger partial charge in [-0.05, 0) is 79.2 Å². The van der Waals surface area contributed by atoms with Crippen molar-refractivity contribution in [1.82, 2.24) is 5.32 Å². The molecule has 1 atom stereocenters. The Balaban J connectivity index is 1.52. The summed E-state index contributed by atoms with van der Waals surface area (Å²) < 4.78 is 5.34. The number of carbonyl (C=O) groups excluding carboxylic acids is 3. The van der Waals surface area contributed by atoms with Gasteiger partial charge in [0.05, 0.1) is 17.9 Å². The smallest absolute Gasteiger partial charge is 0.335 e. The fourth-order valence-corrected chi connectivity index (χ4v) is 5.18. The molecular formula is C34H31N3O7S. The number of carboxylic acids is 1. The van der Waals surface area contributed by atoms with Crippen LogP contribution in [-0.4, -0.2) is 46.3 Å². The normalized spacial score (nSPS) is 11.6. The average molecular weight is 626 g/mol. The molecule has 0 spiro atoms. The molecule has 0 aromatic heterocycles. The molecule has 0 aliphatic rings. The first kappa shape index (κ1) is 32.4. The fraction of sp³-hybridized carbons (Fsp3) is 0.118. The lowest BCUT2D eigenvalue weighted by Crippen LogP contribution is -2.30. The molecule has 4 rings (SSSR count). The quantitative estimate of drug-likeness (QED) is 0.0947. The average Bonchev–Trinajstić information content (AvgIpc) is 3.04. The maximum absolute atomic E-state index is 13.5. The van der Waals surface area contributed by atoms with Gasteiger partial charge >= 0.3 is 5.97 Å². The molecule has 230 valence electrons. The first-order valence-corrected chi connectivity index (χ1v) is 14.7. The first-order valence-electron chi connectivity index (χ1n) is 13.8. The number of methoxy groups -OCH3 is 1. The third kappa shape index (κ3) is 8.97. The lowest BCUT2D eigenvalue weighted by atomic mass is 10.1. The van der Waals surface area contributed by atoms with Gasteiger partial charge in [-0.3, -0.25) is 14.4 Å². The Hall–Kier alpha value is -5.55. The molecule has 1 unspecified atom stereocenters. The van der Waals surface area contributed by atoms with E-state index in [2.05, 4.69) is 16.0 Å². The van der Waals surface area contributed by atoms with Crippen molar-refractivity contribution in [2.75, 3.05) is 17.7 Å². The molecule has 0 aliphatic carbocycles. The van der Waals surface area contributed by atoms with Crippen molar-refractivity contribution in [3.05, 3.63) is 119 Å². The zero-order chi connectivity index (χ0) is 32.3.